The third kappa shape index (κ3) is 2.92. The zero-order valence-electron chi connectivity index (χ0n) is 14.7. The molecule has 2 aliphatic heterocycles. The van der Waals surface area contributed by atoms with Crippen LogP contribution in [0.1, 0.15) is 28.8 Å². The Morgan fingerprint density at radius 3 is 2.35 bits per heavy atom. The molecule has 0 aliphatic carbocycles. The lowest BCUT2D eigenvalue weighted by Crippen LogP contribution is -2.53. The van der Waals surface area contributed by atoms with Gasteiger partial charge in [0.05, 0.1) is 0 Å². The normalized spacial score (nSPS) is 21.9. The minimum absolute atomic E-state index is 0.00436. The maximum Gasteiger partial charge on any atom is 0.264 e. The molecule has 1 fully saturated rings. The molecule has 2 amide bonds. The van der Waals surface area contributed by atoms with Crippen molar-refractivity contribution in [2.24, 2.45) is 0 Å². The van der Waals surface area contributed by atoms with Crippen LogP contribution in [0.4, 0.5) is 0 Å². The van der Waals surface area contributed by atoms with Crippen molar-refractivity contribution in [3.05, 3.63) is 59.9 Å². The average molecular weight is 351 g/mol. The van der Waals surface area contributed by atoms with Crippen LogP contribution in [0.25, 0.3) is 0 Å². The topological polar surface area (TPSA) is 62.7 Å². The van der Waals surface area contributed by atoms with E-state index in [4.69, 9.17) is 4.74 Å². The summed E-state index contributed by atoms with van der Waals surface area (Å²) in [6.07, 6.45) is 2.75. The molecule has 0 saturated carbocycles. The van der Waals surface area contributed by atoms with Gasteiger partial charge >= 0.3 is 0 Å². The van der Waals surface area contributed by atoms with Crippen molar-refractivity contribution in [1.29, 1.82) is 0 Å². The van der Waals surface area contributed by atoms with Crippen LogP contribution >= 0.6 is 0 Å². The molecule has 134 valence electrons. The summed E-state index contributed by atoms with van der Waals surface area (Å²) < 4.78 is 5.90. The SMILES string of the molecule is C[C@@H]1c2ccccc2O[C@H]1C(=O)N1CCN(C(=O)c2ccncc2)CC1. The lowest BCUT2D eigenvalue weighted by molar-refractivity contribution is -0.140. The number of piperazine rings is 1. The first kappa shape index (κ1) is 16.6. The molecular formula is C20H21N3O3. The Hall–Kier alpha value is -2.89. The molecule has 1 aromatic heterocycles. The number of amides is 2. The fraction of sp³-hybridized carbons (Fsp3) is 0.350. The van der Waals surface area contributed by atoms with Gasteiger partial charge in [0.1, 0.15) is 5.75 Å². The van der Waals surface area contributed by atoms with E-state index in [1.807, 2.05) is 36.1 Å². The first-order valence-electron chi connectivity index (χ1n) is 8.89. The number of para-hydroxylation sites is 1. The molecule has 26 heavy (non-hydrogen) atoms. The molecule has 0 unspecified atom stereocenters. The van der Waals surface area contributed by atoms with Gasteiger partial charge in [-0.1, -0.05) is 25.1 Å². The van der Waals surface area contributed by atoms with E-state index in [0.717, 1.165) is 11.3 Å². The van der Waals surface area contributed by atoms with E-state index in [1.165, 1.54) is 0 Å². The molecule has 0 N–H and O–H groups in total. The number of pyridine rings is 1. The van der Waals surface area contributed by atoms with E-state index >= 15 is 0 Å². The van der Waals surface area contributed by atoms with Gasteiger partial charge in [0.2, 0.25) is 0 Å². The number of aromatic nitrogens is 1. The molecule has 3 heterocycles. The predicted octanol–water partition coefficient (Wildman–Crippen LogP) is 1.93. The van der Waals surface area contributed by atoms with Gasteiger partial charge in [-0.2, -0.15) is 0 Å². The maximum absolute atomic E-state index is 12.9. The smallest absolute Gasteiger partial charge is 0.264 e. The van der Waals surface area contributed by atoms with Crippen molar-refractivity contribution in [3.63, 3.8) is 0 Å². The predicted molar refractivity (Wildman–Crippen MR) is 96.0 cm³/mol. The van der Waals surface area contributed by atoms with Crippen molar-refractivity contribution in [2.45, 2.75) is 18.9 Å². The monoisotopic (exact) mass is 351 g/mol. The van der Waals surface area contributed by atoms with Crippen molar-refractivity contribution in [1.82, 2.24) is 14.8 Å². The minimum atomic E-state index is -0.477. The molecule has 6 heteroatoms. The summed E-state index contributed by atoms with van der Waals surface area (Å²) in [5.41, 5.74) is 1.71. The molecule has 1 saturated heterocycles. The number of ether oxygens (including phenoxy) is 1. The summed E-state index contributed by atoms with van der Waals surface area (Å²) in [5, 5.41) is 0. The highest BCUT2D eigenvalue weighted by atomic mass is 16.5. The van der Waals surface area contributed by atoms with Crippen LogP contribution in [0.15, 0.2) is 48.8 Å². The highest BCUT2D eigenvalue weighted by Crippen LogP contribution is 2.38. The number of rotatable bonds is 2. The van der Waals surface area contributed by atoms with Crippen molar-refractivity contribution in [2.75, 3.05) is 26.2 Å². The first-order valence-corrected chi connectivity index (χ1v) is 8.89. The fourth-order valence-corrected chi connectivity index (χ4v) is 3.62. The summed E-state index contributed by atoms with van der Waals surface area (Å²) >= 11 is 0. The molecule has 1 aromatic carbocycles. The van der Waals surface area contributed by atoms with Gasteiger partial charge in [0, 0.05) is 55.6 Å². The summed E-state index contributed by atoms with van der Waals surface area (Å²) in [6.45, 7) is 4.14. The maximum atomic E-state index is 12.9. The van der Waals surface area contributed by atoms with E-state index in [9.17, 15) is 9.59 Å². The molecule has 0 radical (unpaired) electrons. The highest BCUT2D eigenvalue weighted by molar-refractivity contribution is 5.94. The Labute approximate surface area is 152 Å². The lowest BCUT2D eigenvalue weighted by Gasteiger charge is -2.36. The standard InChI is InChI=1S/C20H21N3O3/c1-14-16-4-2-3-5-17(16)26-18(14)20(25)23-12-10-22(11-13-23)19(24)15-6-8-21-9-7-15/h2-9,14,18H,10-13H2,1H3/t14-,18-/m1/s1. The zero-order chi connectivity index (χ0) is 18.1. The number of hydrogen-bond acceptors (Lipinski definition) is 4. The van der Waals surface area contributed by atoms with E-state index in [1.54, 1.807) is 29.4 Å². The van der Waals surface area contributed by atoms with E-state index in [2.05, 4.69) is 4.98 Å². The highest BCUT2D eigenvalue weighted by Gasteiger charge is 2.39. The summed E-state index contributed by atoms with van der Waals surface area (Å²) in [4.78, 5) is 33.0. The quantitative estimate of drug-likeness (QED) is 0.829. The molecular weight excluding hydrogens is 330 g/mol. The Balaban J connectivity index is 1.38. The molecule has 2 aliphatic rings. The van der Waals surface area contributed by atoms with Gasteiger partial charge in [-0.3, -0.25) is 14.6 Å². The second-order valence-electron chi connectivity index (χ2n) is 6.72. The van der Waals surface area contributed by atoms with Crippen molar-refractivity contribution in [3.8, 4) is 5.75 Å². The number of carbonyl (C=O) groups excluding carboxylic acids is 2. The van der Waals surface area contributed by atoms with Crippen molar-refractivity contribution >= 4 is 11.8 Å². The number of nitrogens with zero attached hydrogens (tertiary/aromatic N) is 3. The van der Waals surface area contributed by atoms with Gasteiger partial charge in [0.25, 0.3) is 11.8 Å². The molecule has 2 aromatic rings. The molecule has 0 spiro atoms. The minimum Gasteiger partial charge on any atom is -0.480 e. The van der Waals surface area contributed by atoms with Crippen LogP contribution in [-0.2, 0) is 4.79 Å². The summed E-state index contributed by atoms with van der Waals surface area (Å²) in [7, 11) is 0. The Bertz CT molecular complexity index is 816. The summed E-state index contributed by atoms with van der Waals surface area (Å²) in [5.74, 6) is 0.821. The second kappa shape index (κ2) is 6.78. The number of carbonyl (C=O) groups is 2. The van der Waals surface area contributed by atoms with Gasteiger partial charge in [-0.15, -0.1) is 0 Å². The van der Waals surface area contributed by atoms with Gasteiger partial charge in [0.15, 0.2) is 6.10 Å². The Morgan fingerprint density at radius 1 is 1.00 bits per heavy atom. The Kier molecular flexibility index (Phi) is 4.32. The lowest BCUT2D eigenvalue weighted by atomic mass is 9.96. The Morgan fingerprint density at radius 2 is 1.65 bits per heavy atom. The number of hydrogen-bond donors (Lipinski definition) is 0. The number of benzene rings is 1. The van der Waals surface area contributed by atoms with Crippen LogP contribution in [0.3, 0.4) is 0 Å². The first-order chi connectivity index (χ1) is 12.6. The van der Waals surface area contributed by atoms with Crippen LogP contribution in [0.2, 0.25) is 0 Å². The van der Waals surface area contributed by atoms with Gasteiger partial charge in [-0.25, -0.2) is 0 Å². The molecule has 6 nitrogen and oxygen atoms in total. The number of fused-ring (bicyclic) bond motifs is 1. The third-order valence-corrected chi connectivity index (χ3v) is 5.17. The van der Waals surface area contributed by atoms with Crippen LogP contribution < -0.4 is 4.74 Å². The van der Waals surface area contributed by atoms with E-state index < -0.39 is 6.10 Å². The molecule has 2 atom stereocenters. The van der Waals surface area contributed by atoms with Gasteiger partial charge < -0.3 is 14.5 Å². The van der Waals surface area contributed by atoms with Crippen molar-refractivity contribution < 1.29 is 14.3 Å². The third-order valence-electron chi connectivity index (χ3n) is 5.17. The largest absolute Gasteiger partial charge is 0.480 e. The van der Waals surface area contributed by atoms with Crippen LogP contribution in [0.5, 0.6) is 5.75 Å². The fourth-order valence-electron chi connectivity index (χ4n) is 3.62. The summed E-state index contributed by atoms with van der Waals surface area (Å²) in [6, 6.07) is 11.2. The van der Waals surface area contributed by atoms with Crippen LogP contribution in [-0.4, -0.2) is 58.9 Å². The zero-order valence-corrected chi connectivity index (χ0v) is 14.7. The van der Waals surface area contributed by atoms with E-state index in [0.29, 0.717) is 31.7 Å². The average Bonchev–Trinajstić information content (AvgIpc) is 3.04. The second-order valence-corrected chi connectivity index (χ2v) is 6.72. The molecule has 0 bridgehead atoms. The van der Waals surface area contributed by atoms with E-state index in [-0.39, 0.29) is 17.7 Å². The van der Waals surface area contributed by atoms with Crippen LogP contribution in [0, 0.1) is 0 Å². The molecule has 4 rings (SSSR count). The van der Waals surface area contributed by atoms with Gasteiger partial charge in [-0.05, 0) is 18.2 Å².